The van der Waals surface area contributed by atoms with Gasteiger partial charge in [0.25, 0.3) is 0 Å². The van der Waals surface area contributed by atoms with Crippen LogP contribution in [-0.2, 0) is 13.6 Å². The first kappa shape index (κ1) is 13.5. The van der Waals surface area contributed by atoms with Crippen LogP contribution in [0.15, 0.2) is 0 Å². The summed E-state index contributed by atoms with van der Waals surface area (Å²) in [5.74, 6) is 0. The van der Waals surface area contributed by atoms with E-state index in [4.69, 9.17) is 11.6 Å². The van der Waals surface area contributed by atoms with E-state index in [0.717, 1.165) is 29.5 Å². The Morgan fingerprint density at radius 3 is 2.31 bits per heavy atom. The summed E-state index contributed by atoms with van der Waals surface area (Å²) in [5.41, 5.74) is 2.46. The lowest BCUT2D eigenvalue weighted by Crippen LogP contribution is -2.29. The predicted molar refractivity (Wildman–Crippen MR) is 68.7 cm³/mol. The molecule has 92 valence electrons. The normalized spacial score (nSPS) is 12.5. The van der Waals surface area contributed by atoms with Crippen LogP contribution in [0.5, 0.6) is 0 Å². The number of rotatable bonds is 3. The molecule has 0 unspecified atom stereocenters. The predicted octanol–water partition coefficient (Wildman–Crippen LogP) is 2.86. The summed E-state index contributed by atoms with van der Waals surface area (Å²) < 4.78 is 1.73. The van der Waals surface area contributed by atoms with Gasteiger partial charge in [-0.3, -0.25) is 4.68 Å². The van der Waals surface area contributed by atoms with E-state index < -0.39 is 0 Å². The van der Waals surface area contributed by atoms with Crippen LogP contribution in [-0.4, -0.2) is 28.3 Å². The van der Waals surface area contributed by atoms with E-state index in [1.165, 1.54) is 0 Å². The monoisotopic (exact) mass is 243 g/mol. The largest absolute Gasteiger partial charge is 0.301 e. The minimum Gasteiger partial charge on any atom is -0.301 e. The molecular weight excluding hydrogens is 222 g/mol. The number of nitrogens with zero attached hydrogens (tertiary/aromatic N) is 3. The van der Waals surface area contributed by atoms with Gasteiger partial charge in [-0.1, -0.05) is 32.4 Å². The SMILES string of the molecule is Cc1nn(C)c(Cl)c1CN(C)CC(C)(C)C. The van der Waals surface area contributed by atoms with Gasteiger partial charge >= 0.3 is 0 Å². The topological polar surface area (TPSA) is 21.1 Å². The molecule has 1 rings (SSSR count). The van der Waals surface area contributed by atoms with Crippen LogP contribution in [0.25, 0.3) is 0 Å². The van der Waals surface area contributed by atoms with E-state index in [1.54, 1.807) is 4.68 Å². The van der Waals surface area contributed by atoms with Crippen molar-refractivity contribution in [1.29, 1.82) is 0 Å². The van der Waals surface area contributed by atoms with Crippen molar-refractivity contribution in [3.63, 3.8) is 0 Å². The molecule has 3 nitrogen and oxygen atoms in total. The molecule has 0 aliphatic rings. The molecule has 16 heavy (non-hydrogen) atoms. The van der Waals surface area contributed by atoms with E-state index in [9.17, 15) is 0 Å². The van der Waals surface area contributed by atoms with Crippen LogP contribution in [0.3, 0.4) is 0 Å². The van der Waals surface area contributed by atoms with Gasteiger partial charge in [-0.25, -0.2) is 0 Å². The van der Waals surface area contributed by atoms with E-state index in [0.29, 0.717) is 5.41 Å². The Kier molecular flexibility index (Phi) is 4.02. The van der Waals surface area contributed by atoms with Crippen molar-refractivity contribution in [2.24, 2.45) is 12.5 Å². The molecule has 4 heteroatoms. The third-order valence-corrected chi connectivity index (χ3v) is 2.91. The van der Waals surface area contributed by atoms with Gasteiger partial charge in [-0.2, -0.15) is 5.10 Å². The number of aromatic nitrogens is 2. The number of hydrogen-bond acceptors (Lipinski definition) is 2. The molecule has 0 radical (unpaired) electrons. The molecule has 0 spiro atoms. The van der Waals surface area contributed by atoms with Gasteiger partial charge < -0.3 is 4.90 Å². The molecule has 0 bridgehead atoms. The summed E-state index contributed by atoms with van der Waals surface area (Å²) in [6, 6.07) is 0. The second-order valence-corrected chi connectivity index (χ2v) is 6.07. The van der Waals surface area contributed by atoms with Crippen LogP contribution < -0.4 is 0 Å². The lowest BCUT2D eigenvalue weighted by Gasteiger charge is -2.26. The van der Waals surface area contributed by atoms with Crippen LogP contribution in [0.2, 0.25) is 5.15 Å². The molecule has 0 fully saturated rings. The minimum absolute atomic E-state index is 0.303. The highest BCUT2D eigenvalue weighted by atomic mass is 35.5. The minimum atomic E-state index is 0.303. The number of aryl methyl sites for hydroxylation is 2. The van der Waals surface area contributed by atoms with Crippen molar-refractivity contribution in [1.82, 2.24) is 14.7 Å². The first-order valence-electron chi connectivity index (χ1n) is 5.57. The van der Waals surface area contributed by atoms with Gasteiger partial charge in [0.1, 0.15) is 5.15 Å². The summed E-state index contributed by atoms with van der Waals surface area (Å²) >= 11 is 6.20. The summed E-state index contributed by atoms with van der Waals surface area (Å²) in [7, 11) is 4.00. The van der Waals surface area contributed by atoms with E-state index in [1.807, 2.05) is 14.0 Å². The number of hydrogen-bond donors (Lipinski definition) is 0. The van der Waals surface area contributed by atoms with Crippen molar-refractivity contribution in [3.05, 3.63) is 16.4 Å². The highest BCUT2D eigenvalue weighted by Gasteiger charge is 2.17. The fourth-order valence-corrected chi connectivity index (χ4v) is 2.22. The van der Waals surface area contributed by atoms with Gasteiger partial charge in [0.15, 0.2) is 0 Å². The van der Waals surface area contributed by atoms with Crippen LogP contribution in [0, 0.1) is 12.3 Å². The highest BCUT2D eigenvalue weighted by Crippen LogP contribution is 2.22. The molecule has 0 aromatic carbocycles. The first-order chi connectivity index (χ1) is 7.20. The van der Waals surface area contributed by atoms with Crippen molar-refractivity contribution in [3.8, 4) is 0 Å². The second kappa shape index (κ2) is 4.76. The lowest BCUT2D eigenvalue weighted by atomic mass is 9.96. The Balaban J connectivity index is 2.73. The van der Waals surface area contributed by atoms with Gasteiger partial charge in [-0.05, 0) is 19.4 Å². The molecule has 1 heterocycles. The van der Waals surface area contributed by atoms with E-state index in [2.05, 4.69) is 37.8 Å². The molecule has 0 amide bonds. The van der Waals surface area contributed by atoms with E-state index in [-0.39, 0.29) is 0 Å². The second-order valence-electron chi connectivity index (χ2n) is 5.71. The van der Waals surface area contributed by atoms with Crippen LogP contribution >= 0.6 is 11.6 Å². The Labute approximate surface area is 103 Å². The zero-order valence-corrected chi connectivity index (χ0v) is 11.9. The van der Waals surface area contributed by atoms with Gasteiger partial charge in [0.2, 0.25) is 0 Å². The molecule has 1 aromatic rings. The summed E-state index contributed by atoms with van der Waals surface area (Å²) in [6.45, 7) is 10.6. The Hall–Kier alpha value is -0.540. The van der Waals surface area contributed by atoms with Crippen LogP contribution in [0.1, 0.15) is 32.0 Å². The van der Waals surface area contributed by atoms with Crippen molar-refractivity contribution >= 4 is 11.6 Å². The third kappa shape index (κ3) is 3.49. The first-order valence-corrected chi connectivity index (χ1v) is 5.95. The molecule has 0 saturated heterocycles. The molecule has 1 aromatic heterocycles. The van der Waals surface area contributed by atoms with Crippen LogP contribution in [0.4, 0.5) is 0 Å². The summed E-state index contributed by atoms with van der Waals surface area (Å²) in [6.07, 6.45) is 0. The maximum Gasteiger partial charge on any atom is 0.131 e. The smallest absolute Gasteiger partial charge is 0.131 e. The average Bonchev–Trinajstić information content (AvgIpc) is 2.29. The van der Waals surface area contributed by atoms with E-state index >= 15 is 0 Å². The standard InChI is InChI=1S/C12H22ClN3/c1-9-10(11(13)16(6)14-9)7-15(5)8-12(2,3)4/h7-8H2,1-6H3. The molecule has 0 aliphatic carbocycles. The highest BCUT2D eigenvalue weighted by molar-refractivity contribution is 6.30. The Morgan fingerprint density at radius 1 is 1.38 bits per heavy atom. The third-order valence-electron chi connectivity index (χ3n) is 2.44. The Morgan fingerprint density at radius 2 is 1.94 bits per heavy atom. The average molecular weight is 244 g/mol. The molecule has 0 atom stereocenters. The molecular formula is C12H22ClN3. The zero-order chi connectivity index (χ0) is 12.5. The van der Waals surface area contributed by atoms with Gasteiger partial charge in [0, 0.05) is 25.7 Å². The summed E-state index contributed by atoms with van der Waals surface area (Å²) in [5, 5.41) is 5.07. The van der Waals surface area contributed by atoms with Crippen molar-refractivity contribution in [2.75, 3.05) is 13.6 Å². The molecule has 0 saturated carbocycles. The lowest BCUT2D eigenvalue weighted by molar-refractivity contribution is 0.220. The van der Waals surface area contributed by atoms with Gasteiger partial charge in [0.05, 0.1) is 5.69 Å². The molecule has 0 aliphatic heterocycles. The fraction of sp³-hybridized carbons (Fsp3) is 0.750. The number of halogens is 1. The van der Waals surface area contributed by atoms with Gasteiger partial charge in [-0.15, -0.1) is 0 Å². The zero-order valence-electron chi connectivity index (χ0n) is 11.1. The summed E-state index contributed by atoms with van der Waals surface area (Å²) in [4.78, 5) is 2.29. The maximum absolute atomic E-state index is 6.20. The van der Waals surface area contributed by atoms with Crippen molar-refractivity contribution < 1.29 is 0 Å². The maximum atomic E-state index is 6.20. The quantitative estimate of drug-likeness (QED) is 0.814. The fourth-order valence-electron chi connectivity index (χ4n) is 1.99. The Bertz CT molecular complexity index is 363. The molecule has 0 N–H and O–H groups in total. The van der Waals surface area contributed by atoms with Crippen molar-refractivity contribution in [2.45, 2.75) is 34.2 Å².